The minimum absolute atomic E-state index is 0.0420. The first-order valence-electron chi connectivity index (χ1n) is 12.3. The van der Waals surface area contributed by atoms with Gasteiger partial charge in [-0.25, -0.2) is 4.79 Å². The fourth-order valence-electron chi connectivity index (χ4n) is 3.45. The number of ether oxygens (including phenoxy) is 2. The van der Waals surface area contributed by atoms with Crippen molar-refractivity contribution < 1.29 is 28.7 Å². The van der Waals surface area contributed by atoms with Crippen LogP contribution in [0.3, 0.4) is 0 Å². The number of rotatable bonds is 15. The Labute approximate surface area is 227 Å². The fraction of sp³-hybridized carbons (Fsp3) is 0.615. The lowest BCUT2D eigenvalue weighted by Crippen LogP contribution is -2.52. The Bertz CT molecular complexity index is 854. The molecule has 0 heterocycles. The third kappa shape index (κ3) is 13.8. The predicted octanol–water partition coefficient (Wildman–Crippen LogP) is 3.01. The molecule has 10 heteroatoms. The average molecular weight is 618 g/mol. The van der Waals surface area contributed by atoms with E-state index >= 15 is 0 Å². The maximum atomic E-state index is 13.1. The summed E-state index contributed by atoms with van der Waals surface area (Å²) in [5.41, 5.74) is 5.99. The maximum Gasteiger partial charge on any atom is 0.328 e. The van der Waals surface area contributed by atoms with E-state index in [0.29, 0.717) is 32.2 Å². The summed E-state index contributed by atoms with van der Waals surface area (Å²) in [5.74, 6) is -1.90. The molecule has 0 aromatic heterocycles. The Hall–Kier alpha value is -2.21. The molecule has 9 nitrogen and oxygen atoms in total. The van der Waals surface area contributed by atoms with Crippen LogP contribution >= 0.6 is 22.6 Å². The molecule has 0 saturated carbocycles. The largest absolute Gasteiger partial charge is 0.467 e. The second kappa shape index (κ2) is 16.5. The van der Waals surface area contributed by atoms with Crippen LogP contribution in [-0.4, -0.2) is 55.1 Å². The normalized spacial score (nSPS) is 12.8. The van der Waals surface area contributed by atoms with Crippen LogP contribution in [0.1, 0.15) is 71.3 Å². The van der Waals surface area contributed by atoms with Crippen molar-refractivity contribution in [2.24, 2.45) is 5.73 Å². The zero-order valence-electron chi connectivity index (χ0n) is 21.7. The highest BCUT2D eigenvalue weighted by Crippen LogP contribution is 2.12. The summed E-state index contributed by atoms with van der Waals surface area (Å²) in [4.78, 5) is 50.1. The molecule has 1 rings (SSSR count). The molecule has 0 aliphatic rings. The number of benzene rings is 1. The second-order valence-corrected chi connectivity index (χ2v) is 10.8. The molecule has 202 valence electrons. The molecule has 0 spiro atoms. The number of carbonyl (C=O) groups excluding carboxylic acids is 4. The van der Waals surface area contributed by atoms with Crippen molar-refractivity contribution in [3.63, 3.8) is 0 Å². The number of hydrogen-bond donors (Lipinski definition) is 3. The average Bonchev–Trinajstić information content (AvgIpc) is 2.80. The van der Waals surface area contributed by atoms with Gasteiger partial charge < -0.3 is 25.8 Å². The molecule has 0 aliphatic heterocycles. The smallest absolute Gasteiger partial charge is 0.328 e. The van der Waals surface area contributed by atoms with Crippen molar-refractivity contribution in [1.29, 1.82) is 0 Å². The number of hydrogen-bond acceptors (Lipinski definition) is 7. The molecule has 2 atom stereocenters. The molecule has 4 N–H and O–H groups in total. The Morgan fingerprint density at radius 3 is 2.19 bits per heavy atom. The minimum atomic E-state index is -0.995. The molecular weight excluding hydrogens is 577 g/mol. The number of nitrogens with one attached hydrogen (secondary N) is 2. The van der Waals surface area contributed by atoms with Gasteiger partial charge in [-0.15, -0.1) is 0 Å². The van der Waals surface area contributed by atoms with E-state index in [-0.39, 0.29) is 25.2 Å². The molecule has 0 fully saturated rings. The Balaban J connectivity index is 2.79. The molecule has 1 aromatic carbocycles. The van der Waals surface area contributed by atoms with E-state index in [1.807, 2.05) is 24.3 Å². The number of aryl methyl sites for hydroxylation is 1. The van der Waals surface area contributed by atoms with E-state index in [2.05, 4.69) is 33.2 Å². The van der Waals surface area contributed by atoms with Gasteiger partial charge in [-0.3, -0.25) is 14.4 Å². The first kappa shape index (κ1) is 31.8. The summed E-state index contributed by atoms with van der Waals surface area (Å²) in [6.45, 7) is 5.74. The second-order valence-electron chi connectivity index (χ2n) is 9.59. The maximum absolute atomic E-state index is 13.1. The molecule has 0 radical (unpaired) electrons. The van der Waals surface area contributed by atoms with Crippen LogP contribution in [0.2, 0.25) is 0 Å². The lowest BCUT2D eigenvalue weighted by atomic mass is 10.1. The van der Waals surface area contributed by atoms with Gasteiger partial charge >= 0.3 is 11.9 Å². The van der Waals surface area contributed by atoms with Crippen LogP contribution in [0.4, 0.5) is 0 Å². The Kier molecular flexibility index (Phi) is 14.6. The first-order chi connectivity index (χ1) is 16.9. The van der Waals surface area contributed by atoms with Crippen molar-refractivity contribution in [3.05, 3.63) is 33.4 Å². The SMILES string of the molecule is COC(=O)[C@@H](CCCCN)NC(=O)[C@@H](CCC(=O)OC(C)(C)C)NC(=O)CCCc1ccc(I)cc1. The summed E-state index contributed by atoms with van der Waals surface area (Å²) >= 11 is 2.24. The molecule has 2 amide bonds. The van der Waals surface area contributed by atoms with Crippen LogP contribution in [0.15, 0.2) is 24.3 Å². The van der Waals surface area contributed by atoms with Crippen LogP contribution in [0.5, 0.6) is 0 Å². The number of methoxy groups -OCH3 is 1. The van der Waals surface area contributed by atoms with Crippen molar-refractivity contribution in [3.8, 4) is 0 Å². The summed E-state index contributed by atoms with van der Waals surface area (Å²) in [6, 6.07) is 6.21. The standard InChI is InChI=1S/C26H40IN3O6/c1-26(2,3)36-23(32)16-15-20(24(33)30-21(25(34)35-4)9-5-6-17-28)29-22(31)10-7-8-18-11-13-19(27)14-12-18/h11-14,20-21H,5-10,15-17,28H2,1-4H3,(H,29,31)(H,30,33)/t20-,21-/m1/s1. The van der Waals surface area contributed by atoms with Gasteiger partial charge in [-0.05, 0) is 106 Å². The number of amides is 2. The predicted molar refractivity (Wildman–Crippen MR) is 146 cm³/mol. The molecule has 0 saturated heterocycles. The van der Waals surface area contributed by atoms with Gasteiger partial charge in [-0.1, -0.05) is 12.1 Å². The van der Waals surface area contributed by atoms with Crippen molar-refractivity contribution in [2.75, 3.05) is 13.7 Å². The zero-order valence-corrected chi connectivity index (χ0v) is 23.9. The van der Waals surface area contributed by atoms with Gasteiger partial charge in [0.15, 0.2) is 0 Å². The lowest BCUT2D eigenvalue weighted by molar-refractivity contribution is -0.155. The number of halogens is 1. The molecule has 0 aliphatic carbocycles. The highest BCUT2D eigenvalue weighted by Gasteiger charge is 2.28. The number of nitrogens with two attached hydrogens (primary N) is 1. The van der Waals surface area contributed by atoms with E-state index in [9.17, 15) is 19.2 Å². The molecule has 1 aromatic rings. The quantitative estimate of drug-likeness (QED) is 0.156. The third-order valence-electron chi connectivity index (χ3n) is 5.24. The van der Waals surface area contributed by atoms with Crippen LogP contribution < -0.4 is 16.4 Å². The Morgan fingerprint density at radius 1 is 0.944 bits per heavy atom. The van der Waals surface area contributed by atoms with Crippen LogP contribution in [-0.2, 0) is 35.1 Å². The van der Waals surface area contributed by atoms with Gasteiger partial charge in [-0.2, -0.15) is 0 Å². The van der Waals surface area contributed by atoms with E-state index in [1.54, 1.807) is 20.8 Å². The summed E-state index contributed by atoms with van der Waals surface area (Å²) in [5, 5.41) is 5.40. The highest BCUT2D eigenvalue weighted by molar-refractivity contribution is 14.1. The highest BCUT2D eigenvalue weighted by atomic mass is 127. The van der Waals surface area contributed by atoms with E-state index < -0.39 is 35.5 Å². The summed E-state index contributed by atoms with van der Waals surface area (Å²) in [7, 11) is 1.25. The topological polar surface area (TPSA) is 137 Å². The van der Waals surface area contributed by atoms with Crippen molar-refractivity contribution in [2.45, 2.75) is 89.8 Å². The molecule has 0 unspecified atom stereocenters. The Morgan fingerprint density at radius 2 is 1.61 bits per heavy atom. The van der Waals surface area contributed by atoms with Crippen LogP contribution in [0, 0.1) is 3.57 Å². The molecular formula is C26H40IN3O6. The van der Waals surface area contributed by atoms with Crippen molar-refractivity contribution >= 4 is 46.3 Å². The monoisotopic (exact) mass is 617 g/mol. The third-order valence-corrected chi connectivity index (χ3v) is 5.96. The van der Waals surface area contributed by atoms with Gasteiger partial charge in [0, 0.05) is 16.4 Å². The first-order valence-corrected chi connectivity index (χ1v) is 13.4. The van der Waals surface area contributed by atoms with E-state index in [1.165, 1.54) is 7.11 Å². The molecule has 36 heavy (non-hydrogen) atoms. The van der Waals surface area contributed by atoms with E-state index in [0.717, 1.165) is 15.6 Å². The van der Waals surface area contributed by atoms with Gasteiger partial charge in [0.25, 0.3) is 0 Å². The van der Waals surface area contributed by atoms with Gasteiger partial charge in [0.2, 0.25) is 11.8 Å². The fourth-order valence-corrected chi connectivity index (χ4v) is 3.81. The van der Waals surface area contributed by atoms with Crippen molar-refractivity contribution in [1.82, 2.24) is 10.6 Å². The zero-order chi connectivity index (χ0) is 27.1. The number of carbonyl (C=O) groups is 4. The lowest BCUT2D eigenvalue weighted by Gasteiger charge is -2.23. The number of unbranched alkanes of at least 4 members (excludes halogenated alkanes) is 1. The summed E-state index contributed by atoms with van der Waals surface area (Å²) in [6.07, 6.45) is 3.22. The summed E-state index contributed by atoms with van der Waals surface area (Å²) < 4.78 is 11.3. The number of esters is 2. The van der Waals surface area contributed by atoms with Gasteiger partial charge in [0.1, 0.15) is 17.7 Å². The molecule has 0 bridgehead atoms. The van der Waals surface area contributed by atoms with E-state index in [4.69, 9.17) is 15.2 Å². The van der Waals surface area contributed by atoms with Gasteiger partial charge in [0.05, 0.1) is 7.11 Å². The minimum Gasteiger partial charge on any atom is -0.467 e. The van der Waals surface area contributed by atoms with Crippen LogP contribution in [0.25, 0.3) is 0 Å².